The Hall–Kier alpha value is -1.71. The Balaban J connectivity index is 2.87. The third kappa shape index (κ3) is 3.39. The van der Waals surface area contributed by atoms with E-state index in [9.17, 15) is 4.79 Å². The number of methoxy groups -OCH3 is 2. The molecule has 0 aromatic heterocycles. The lowest BCUT2D eigenvalue weighted by atomic mass is 10.1. The lowest BCUT2D eigenvalue weighted by Crippen LogP contribution is -2.25. The van der Waals surface area contributed by atoms with Crippen LogP contribution in [0.2, 0.25) is 0 Å². The van der Waals surface area contributed by atoms with Crippen LogP contribution in [0.15, 0.2) is 18.2 Å². The van der Waals surface area contributed by atoms with Gasteiger partial charge in [0, 0.05) is 25.6 Å². The molecular weight excluding hydrogens is 230 g/mol. The van der Waals surface area contributed by atoms with Crippen LogP contribution in [0.25, 0.3) is 0 Å². The quantitative estimate of drug-likeness (QED) is 0.779. The summed E-state index contributed by atoms with van der Waals surface area (Å²) in [6.45, 7) is 2.52. The van der Waals surface area contributed by atoms with Gasteiger partial charge in [0.25, 0.3) is 0 Å². The van der Waals surface area contributed by atoms with Gasteiger partial charge in [-0.2, -0.15) is 0 Å². The van der Waals surface area contributed by atoms with Crippen molar-refractivity contribution >= 4 is 5.91 Å². The van der Waals surface area contributed by atoms with E-state index in [-0.39, 0.29) is 5.91 Å². The predicted molar refractivity (Wildman–Crippen MR) is 70.9 cm³/mol. The molecule has 0 atom stereocenters. The van der Waals surface area contributed by atoms with Gasteiger partial charge in [-0.3, -0.25) is 4.79 Å². The molecule has 0 radical (unpaired) electrons. The van der Waals surface area contributed by atoms with Crippen molar-refractivity contribution < 1.29 is 14.3 Å². The first-order valence-electron chi connectivity index (χ1n) is 6.07. The highest BCUT2D eigenvalue weighted by Crippen LogP contribution is 2.31. The maximum atomic E-state index is 11.8. The van der Waals surface area contributed by atoms with Gasteiger partial charge in [0.2, 0.25) is 5.91 Å². The molecule has 1 amide bonds. The van der Waals surface area contributed by atoms with Gasteiger partial charge in [0.15, 0.2) is 11.5 Å². The average Bonchev–Trinajstić information content (AvgIpc) is 2.38. The van der Waals surface area contributed by atoms with Crippen molar-refractivity contribution in [3.05, 3.63) is 23.8 Å². The van der Waals surface area contributed by atoms with Crippen LogP contribution < -0.4 is 9.47 Å². The van der Waals surface area contributed by atoms with Gasteiger partial charge in [-0.25, -0.2) is 0 Å². The molecule has 0 spiro atoms. The fourth-order valence-corrected chi connectivity index (χ4v) is 1.83. The van der Waals surface area contributed by atoms with E-state index in [1.54, 1.807) is 26.2 Å². The Bertz CT molecular complexity index is 404. The van der Waals surface area contributed by atoms with Gasteiger partial charge >= 0.3 is 0 Å². The lowest BCUT2D eigenvalue weighted by molar-refractivity contribution is -0.130. The summed E-state index contributed by atoms with van der Waals surface area (Å²) in [5.74, 6) is 1.52. The monoisotopic (exact) mass is 251 g/mol. The zero-order valence-electron chi connectivity index (χ0n) is 11.5. The maximum absolute atomic E-state index is 11.8. The van der Waals surface area contributed by atoms with Crippen molar-refractivity contribution in [2.24, 2.45) is 0 Å². The summed E-state index contributed by atoms with van der Waals surface area (Å²) in [4.78, 5) is 13.5. The zero-order valence-corrected chi connectivity index (χ0v) is 11.5. The number of carbonyl (C=O) groups excluding carboxylic acids is 1. The Morgan fingerprint density at radius 1 is 1.28 bits per heavy atom. The summed E-state index contributed by atoms with van der Waals surface area (Å²) >= 11 is 0. The summed E-state index contributed by atoms with van der Waals surface area (Å²) in [6, 6.07) is 5.68. The van der Waals surface area contributed by atoms with E-state index in [4.69, 9.17) is 9.47 Å². The number of nitrogens with zero attached hydrogens (tertiary/aromatic N) is 1. The van der Waals surface area contributed by atoms with Gasteiger partial charge in [0.05, 0.1) is 14.2 Å². The number of carbonyl (C=O) groups is 1. The van der Waals surface area contributed by atoms with Gasteiger partial charge < -0.3 is 14.4 Å². The van der Waals surface area contributed by atoms with Crippen molar-refractivity contribution in [1.82, 2.24) is 4.90 Å². The summed E-state index contributed by atoms with van der Waals surface area (Å²) in [5.41, 5.74) is 0.948. The summed E-state index contributed by atoms with van der Waals surface area (Å²) in [5, 5.41) is 0. The number of ether oxygens (including phenoxy) is 2. The summed E-state index contributed by atoms with van der Waals surface area (Å²) in [6.07, 6.45) is 1.43. The molecular formula is C14H21NO3. The second kappa shape index (κ2) is 6.89. The van der Waals surface area contributed by atoms with Crippen LogP contribution in [0.3, 0.4) is 0 Å². The minimum Gasteiger partial charge on any atom is -0.493 e. The first-order valence-corrected chi connectivity index (χ1v) is 6.07. The van der Waals surface area contributed by atoms with Crippen LogP contribution in [0.1, 0.15) is 25.3 Å². The van der Waals surface area contributed by atoms with E-state index in [0.717, 1.165) is 12.0 Å². The van der Waals surface area contributed by atoms with Gasteiger partial charge in [-0.1, -0.05) is 19.1 Å². The van der Waals surface area contributed by atoms with E-state index >= 15 is 0 Å². The standard InChI is InChI=1S/C14H21NO3/c1-5-7-13(16)15(2)10-11-8-6-9-12(17-3)14(11)18-4/h6,8-9H,5,7,10H2,1-4H3. The van der Waals surface area contributed by atoms with E-state index in [1.165, 1.54) is 0 Å². The fourth-order valence-electron chi connectivity index (χ4n) is 1.83. The maximum Gasteiger partial charge on any atom is 0.222 e. The number of hydrogen-bond acceptors (Lipinski definition) is 3. The number of para-hydroxylation sites is 1. The summed E-state index contributed by atoms with van der Waals surface area (Å²) in [7, 11) is 5.01. The Kier molecular flexibility index (Phi) is 5.49. The molecule has 0 aliphatic carbocycles. The highest BCUT2D eigenvalue weighted by Gasteiger charge is 2.14. The zero-order chi connectivity index (χ0) is 13.5. The van der Waals surface area contributed by atoms with Crippen LogP contribution in [-0.2, 0) is 11.3 Å². The molecule has 0 fully saturated rings. The normalized spacial score (nSPS) is 10.0. The molecule has 4 heteroatoms. The molecule has 18 heavy (non-hydrogen) atoms. The van der Waals surface area contributed by atoms with Crippen molar-refractivity contribution in [1.29, 1.82) is 0 Å². The number of hydrogen-bond donors (Lipinski definition) is 0. The van der Waals surface area contributed by atoms with Gasteiger partial charge in [-0.15, -0.1) is 0 Å². The van der Waals surface area contributed by atoms with Crippen LogP contribution in [0, 0.1) is 0 Å². The molecule has 1 rings (SSSR count). The third-order valence-corrected chi connectivity index (χ3v) is 2.78. The number of amides is 1. The van der Waals surface area contributed by atoms with Crippen molar-refractivity contribution in [3.8, 4) is 11.5 Å². The van der Waals surface area contributed by atoms with Crippen molar-refractivity contribution in [2.45, 2.75) is 26.3 Å². The molecule has 100 valence electrons. The Morgan fingerprint density at radius 3 is 2.56 bits per heavy atom. The molecule has 0 saturated heterocycles. The van der Waals surface area contributed by atoms with E-state index in [0.29, 0.717) is 24.5 Å². The first kappa shape index (κ1) is 14.4. The smallest absolute Gasteiger partial charge is 0.222 e. The van der Waals surface area contributed by atoms with Crippen LogP contribution in [-0.4, -0.2) is 32.1 Å². The van der Waals surface area contributed by atoms with Gasteiger partial charge in [0.1, 0.15) is 0 Å². The molecule has 1 aromatic carbocycles. The molecule has 0 bridgehead atoms. The number of benzene rings is 1. The van der Waals surface area contributed by atoms with E-state index in [2.05, 4.69) is 0 Å². The second-order valence-electron chi connectivity index (χ2n) is 4.15. The fraction of sp³-hybridized carbons (Fsp3) is 0.500. The van der Waals surface area contributed by atoms with Crippen LogP contribution in [0.4, 0.5) is 0 Å². The molecule has 0 saturated carbocycles. The Labute approximate surface area is 108 Å². The minimum atomic E-state index is 0.141. The van der Waals surface area contributed by atoms with Gasteiger partial charge in [-0.05, 0) is 12.5 Å². The lowest BCUT2D eigenvalue weighted by Gasteiger charge is -2.19. The topological polar surface area (TPSA) is 38.8 Å². The third-order valence-electron chi connectivity index (χ3n) is 2.78. The van der Waals surface area contributed by atoms with E-state index in [1.807, 2.05) is 25.1 Å². The SMILES string of the molecule is CCCC(=O)N(C)Cc1cccc(OC)c1OC. The minimum absolute atomic E-state index is 0.141. The largest absolute Gasteiger partial charge is 0.493 e. The molecule has 0 aliphatic heterocycles. The Morgan fingerprint density at radius 2 is 2.00 bits per heavy atom. The highest BCUT2D eigenvalue weighted by molar-refractivity contribution is 5.75. The molecule has 0 N–H and O–H groups in total. The van der Waals surface area contributed by atoms with Crippen LogP contribution >= 0.6 is 0 Å². The first-order chi connectivity index (χ1) is 8.63. The molecule has 0 unspecified atom stereocenters. The second-order valence-corrected chi connectivity index (χ2v) is 4.15. The van der Waals surface area contributed by atoms with Crippen LogP contribution in [0.5, 0.6) is 11.5 Å². The molecule has 4 nitrogen and oxygen atoms in total. The molecule has 0 aliphatic rings. The van der Waals surface area contributed by atoms with E-state index < -0.39 is 0 Å². The highest BCUT2D eigenvalue weighted by atomic mass is 16.5. The number of rotatable bonds is 6. The summed E-state index contributed by atoms with van der Waals surface area (Å²) < 4.78 is 10.6. The average molecular weight is 251 g/mol. The molecule has 1 aromatic rings. The predicted octanol–water partition coefficient (Wildman–Crippen LogP) is 2.46. The van der Waals surface area contributed by atoms with Crippen molar-refractivity contribution in [3.63, 3.8) is 0 Å². The van der Waals surface area contributed by atoms with Crippen molar-refractivity contribution in [2.75, 3.05) is 21.3 Å². The molecule has 0 heterocycles.